The van der Waals surface area contributed by atoms with E-state index in [9.17, 15) is 4.39 Å². The van der Waals surface area contributed by atoms with E-state index in [0.717, 1.165) is 11.1 Å². The first-order valence-corrected chi connectivity index (χ1v) is 9.19. The number of hydrogen-bond donors (Lipinski definition) is 0. The Balaban J connectivity index is 1.97. The fourth-order valence-corrected chi connectivity index (χ4v) is 3.76. The minimum atomic E-state index is -0.212. The molecular weight excluding hydrogens is 331 g/mol. The molecule has 0 saturated heterocycles. The van der Waals surface area contributed by atoms with Crippen LogP contribution in [-0.2, 0) is 0 Å². The summed E-state index contributed by atoms with van der Waals surface area (Å²) in [6.07, 6.45) is 0. The minimum Gasteiger partial charge on any atom is -0.207 e. The van der Waals surface area contributed by atoms with Crippen molar-refractivity contribution in [2.75, 3.05) is 0 Å². The van der Waals surface area contributed by atoms with Crippen molar-refractivity contribution in [3.05, 3.63) is 131 Å². The Hall–Kier alpha value is -3.19. The summed E-state index contributed by atoms with van der Waals surface area (Å²) in [5.74, 6) is -0.0933. The molecular formula is C26H21F. The van der Waals surface area contributed by atoms with Gasteiger partial charge in [0.2, 0.25) is 0 Å². The van der Waals surface area contributed by atoms with Crippen LogP contribution in [0.2, 0.25) is 0 Å². The number of hydrogen-bond acceptors (Lipinski definition) is 0. The van der Waals surface area contributed by atoms with E-state index >= 15 is 0 Å². The lowest BCUT2D eigenvalue weighted by Crippen LogP contribution is -2.07. The molecule has 0 saturated carbocycles. The molecule has 27 heavy (non-hydrogen) atoms. The molecule has 0 aliphatic heterocycles. The van der Waals surface area contributed by atoms with Gasteiger partial charge in [0.25, 0.3) is 0 Å². The molecule has 0 aliphatic carbocycles. The van der Waals surface area contributed by atoms with Crippen LogP contribution in [0.3, 0.4) is 0 Å². The molecule has 4 rings (SSSR count). The molecule has 0 atom stereocenters. The fourth-order valence-electron chi connectivity index (χ4n) is 3.76. The third-order valence-electron chi connectivity index (χ3n) is 5.03. The van der Waals surface area contributed by atoms with Crippen molar-refractivity contribution in [1.29, 1.82) is 0 Å². The maximum atomic E-state index is 13.5. The van der Waals surface area contributed by atoms with Crippen molar-refractivity contribution in [3.63, 3.8) is 0 Å². The molecule has 132 valence electrons. The van der Waals surface area contributed by atoms with E-state index < -0.39 is 0 Å². The van der Waals surface area contributed by atoms with Crippen molar-refractivity contribution in [2.45, 2.75) is 12.8 Å². The van der Waals surface area contributed by atoms with E-state index in [1.807, 2.05) is 24.3 Å². The summed E-state index contributed by atoms with van der Waals surface area (Å²) in [4.78, 5) is 0. The highest BCUT2D eigenvalue weighted by molar-refractivity contribution is 5.71. The van der Waals surface area contributed by atoms with Crippen LogP contribution in [-0.4, -0.2) is 0 Å². The Morgan fingerprint density at radius 1 is 0.593 bits per heavy atom. The van der Waals surface area contributed by atoms with E-state index in [1.165, 1.54) is 34.4 Å². The van der Waals surface area contributed by atoms with Crippen molar-refractivity contribution in [3.8, 4) is 11.1 Å². The smallest absolute Gasteiger partial charge is 0.123 e. The second-order valence-corrected chi connectivity index (χ2v) is 6.80. The second kappa shape index (κ2) is 7.59. The first-order chi connectivity index (χ1) is 13.2. The molecule has 4 aromatic carbocycles. The number of halogens is 1. The molecule has 4 aromatic rings. The molecule has 0 aliphatic rings. The molecule has 0 fully saturated rings. The van der Waals surface area contributed by atoms with Gasteiger partial charge in [-0.25, -0.2) is 4.39 Å². The SMILES string of the molecule is Cc1cccc(-c2ccc(F)cc2)c1C(c1ccccc1)c1ccccc1. The molecule has 0 radical (unpaired) electrons. The quantitative estimate of drug-likeness (QED) is 0.347. The zero-order chi connectivity index (χ0) is 18.6. The molecule has 0 aromatic heterocycles. The normalized spacial score (nSPS) is 10.9. The van der Waals surface area contributed by atoms with E-state index in [4.69, 9.17) is 0 Å². The van der Waals surface area contributed by atoms with Gasteiger partial charge in [-0.2, -0.15) is 0 Å². The van der Waals surface area contributed by atoms with Crippen molar-refractivity contribution in [1.82, 2.24) is 0 Å². The van der Waals surface area contributed by atoms with Gasteiger partial charge in [-0.1, -0.05) is 91.0 Å². The predicted octanol–water partition coefficient (Wildman–Crippen LogP) is 6.98. The highest BCUT2D eigenvalue weighted by Crippen LogP contribution is 2.39. The molecule has 0 spiro atoms. The highest BCUT2D eigenvalue weighted by atomic mass is 19.1. The molecule has 0 N–H and O–H groups in total. The van der Waals surface area contributed by atoms with Gasteiger partial charge in [0.05, 0.1) is 0 Å². The number of benzene rings is 4. The Kier molecular flexibility index (Phi) is 4.84. The van der Waals surface area contributed by atoms with E-state index in [-0.39, 0.29) is 11.7 Å². The van der Waals surface area contributed by atoms with Crippen LogP contribution in [0.4, 0.5) is 4.39 Å². The third kappa shape index (κ3) is 3.54. The summed E-state index contributed by atoms with van der Waals surface area (Å²) < 4.78 is 13.5. The summed E-state index contributed by atoms with van der Waals surface area (Å²) in [5, 5.41) is 0. The largest absolute Gasteiger partial charge is 0.207 e. The topological polar surface area (TPSA) is 0 Å². The predicted molar refractivity (Wildman–Crippen MR) is 110 cm³/mol. The maximum absolute atomic E-state index is 13.5. The van der Waals surface area contributed by atoms with Gasteiger partial charge in [0.15, 0.2) is 0 Å². The van der Waals surface area contributed by atoms with Gasteiger partial charge >= 0.3 is 0 Å². The van der Waals surface area contributed by atoms with E-state index in [1.54, 1.807) is 0 Å². The van der Waals surface area contributed by atoms with Crippen LogP contribution in [0.5, 0.6) is 0 Å². The monoisotopic (exact) mass is 352 g/mol. The van der Waals surface area contributed by atoms with Crippen LogP contribution in [0, 0.1) is 12.7 Å². The van der Waals surface area contributed by atoms with Crippen LogP contribution in [0.25, 0.3) is 11.1 Å². The standard InChI is InChI=1S/C26H21F/c1-19-9-8-14-24(20-15-17-23(27)18-16-20)25(19)26(21-10-4-2-5-11-21)22-12-6-3-7-13-22/h2-18,26H,1H3. The van der Waals surface area contributed by atoms with Crippen LogP contribution in [0.15, 0.2) is 103 Å². The zero-order valence-electron chi connectivity index (χ0n) is 15.3. The Morgan fingerprint density at radius 2 is 1.15 bits per heavy atom. The number of rotatable bonds is 4. The van der Waals surface area contributed by atoms with Gasteiger partial charge in [0, 0.05) is 5.92 Å². The van der Waals surface area contributed by atoms with Crippen LogP contribution in [0.1, 0.15) is 28.2 Å². The van der Waals surface area contributed by atoms with Crippen molar-refractivity contribution < 1.29 is 4.39 Å². The molecule has 0 amide bonds. The van der Waals surface area contributed by atoms with Gasteiger partial charge in [-0.05, 0) is 52.4 Å². The van der Waals surface area contributed by atoms with Gasteiger partial charge in [-0.3, -0.25) is 0 Å². The first-order valence-electron chi connectivity index (χ1n) is 9.19. The zero-order valence-corrected chi connectivity index (χ0v) is 15.3. The molecule has 0 heterocycles. The average molecular weight is 352 g/mol. The summed E-state index contributed by atoms with van der Waals surface area (Å²) in [7, 11) is 0. The summed E-state index contributed by atoms with van der Waals surface area (Å²) >= 11 is 0. The van der Waals surface area contributed by atoms with E-state index in [0.29, 0.717) is 0 Å². The van der Waals surface area contributed by atoms with Crippen molar-refractivity contribution in [2.24, 2.45) is 0 Å². The summed E-state index contributed by atoms with van der Waals surface area (Å²) in [5.41, 5.74) is 7.18. The highest BCUT2D eigenvalue weighted by Gasteiger charge is 2.22. The van der Waals surface area contributed by atoms with Crippen molar-refractivity contribution >= 4 is 0 Å². The third-order valence-corrected chi connectivity index (χ3v) is 5.03. The Bertz CT molecular complexity index is 979. The first kappa shape index (κ1) is 17.2. The lowest BCUT2D eigenvalue weighted by molar-refractivity contribution is 0.628. The van der Waals surface area contributed by atoms with Gasteiger partial charge < -0.3 is 0 Å². The van der Waals surface area contributed by atoms with Crippen LogP contribution >= 0.6 is 0 Å². The van der Waals surface area contributed by atoms with Gasteiger partial charge in [-0.15, -0.1) is 0 Å². The molecule has 1 heteroatoms. The Morgan fingerprint density at radius 3 is 1.70 bits per heavy atom. The summed E-state index contributed by atoms with van der Waals surface area (Å²) in [6, 6.07) is 34.3. The average Bonchev–Trinajstić information content (AvgIpc) is 2.72. The molecule has 0 bridgehead atoms. The summed E-state index contributed by atoms with van der Waals surface area (Å²) in [6.45, 7) is 2.15. The molecule has 0 nitrogen and oxygen atoms in total. The lowest BCUT2D eigenvalue weighted by Gasteiger charge is -2.24. The number of aryl methyl sites for hydroxylation is 1. The fraction of sp³-hybridized carbons (Fsp3) is 0.0769. The van der Waals surface area contributed by atoms with E-state index in [2.05, 4.69) is 73.7 Å². The lowest BCUT2D eigenvalue weighted by atomic mass is 9.79. The maximum Gasteiger partial charge on any atom is 0.123 e. The minimum absolute atomic E-state index is 0.119. The van der Waals surface area contributed by atoms with Gasteiger partial charge in [0.1, 0.15) is 5.82 Å². The second-order valence-electron chi connectivity index (χ2n) is 6.80. The Labute approximate surface area is 159 Å². The van der Waals surface area contributed by atoms with Crippen LogP contribution < -0.4 is 0 Å². The molecule has 0 unspecified atom stereocenters.